The van der Waals surface area contributed by atoms with Crippen molar-refractivity contribution in [3.05, 3.63) is 35.4 Å². The second-order valence-corrected chi connectivity index (χ2v) is 6.36. The number of likely N-dealkylation sites (tertiary alicyclic amines) is 1. The van der Waals surface area contributed by atoms with Crippen LogP contribution in [0.1, 0.15) is 42.7 Å². The van der Waals surface area contributed by atoms with Crippen molar-refractivity contribution < 1.29 is 0 Å². The standard InChI is InChI=1S/C16H24N2/c1-18-9-5-14(6-10-18)15-4-2-3-13(11-15)12-16(17)7-8-16/h2-4,11,14H,5-10,12,17H2,1H3. The van der Waals surface area contributed by atoms with Crippen molar-refractivity contribution in [3.8, 4) is 0 Å². The van der Waals surface area contributed by atoms with Crippen LogP contribution in [0.15, 0.2) is 24.3 Å². The van der Waals surface area contributed by atoms with E-state index in [9.17, 15) is 0 Å². The first kappa shape index (κ1) is 12.2. The van der Waals surface area contributed by atoms with Gasteiger partial charge >= 0.3 is 0 Å². The highest BCUT2D eigenvalue weighted by atomic mass is 15.1. The molecule has 1 aromatic carbocycles. The first-order valence-electron chi connectivity index (χ1n) is 7.21. The minimum Gasteiger partial charge on any atom is -0.325 e. The van der Waals surface area contributed by atoms with Crippen LogP contribution in [-0.4, -0.2) is 30.6 Å². The minimum atomic E-state index is 0.130. The molecule has 1 aliphatic heterocycles. The SMILES string of the molecule is CN1CCC(c2cccc(CC3(N)CC3)c2)CC1. The Labute approximate surface area is 110 Å². The Bertz CT molecular complexity index is 415. The molecule has 0 aromatic heterocycles. The maximum Gasteiger partial charge on any atom is 0.0196 e. The largest absolute Gasteiger partial charge is 0.325 e. The fraction of sp³-hybridized carbons (Fsp3) is 0.625. The molecule has 1 aromatic rings. The molecule has 1 saturated carbocycles. The molecular formula is C16H24N2. The van der Waals surface area contributed by atoms with Crippen molar-refractivity contribution in [1.82, 2.24) is 4.90 Å². The number of nitrogens with two attached hydrogens (primary N) is 1. The Hall–Kier alpha value is -0.860. The van der Waals surface area contributed by atoms with Crippen molar-refractivity contribution >= 4 is 0 Å². The van der Waals surface area contributed by atoms with E-state index in [2.05, 4.69) is 36.2 Å². The molecule has 2 fully saturated rings. The summed E-state index contributed by atoms with van der Waals surface area (Å²) in [6.07, 6.45) is 6.06. The minimum absolute atomic E-state index is 0.130. The van der Waals surface area contributed by atoms with Crippen molar-refractivity contribution in [2.45, 2.75) is 43.6 Å². The zero-order chi connectivity index (χ0) is 12.6. The number of piperidine rings is 1. The molecule has 0 unspecified atom stereocenters. The Kier molecular flexibility index (Phi) is 3.16. The molecule has 0 spiro atoms. The van der Waals surface area contributed by atoms with E-state index < -0.39 is 0 Å². The summed E-state index contributed by atoms with van der Waals surface area (Å²) in [4.78, 5) is 2.43. The van der Waals surface area contributed by atoms with Gasteiger partial charge in [0.1, 0.15) is 0 Å². The van der Waals surface area contributed by atoms with E-state index in [4.69, 9.17) is 5.73 Å². The monoisotopic (exact) mass is 244 g/mol. The van der Waals surface area contributed by atoms with E-state index in [1.807, 2.05) is 0 Å². The van der Waals surface area contributed by atoms with Crippen LogP contribution in [0.3, 0.4) is 0 Å². The number of benzene rings is 1. The molecule has 2 heteroatoms. The molecule has 1 heterocycles. The topological polar surface area (TPSA) is 29.3 Å². The van der Waals surface area contributed by atoms with Crippen LogP contribution in [0.4, 0.5) is 0 Å². The highest BCUT2D eigenvalue weighted by Crippen LogP contribution is 2.36. The van der Waals surface area contributed by atoms with Gasteiger partial charge in [-0.05, 0) is 69.3 Å². The average Bonchev–Trinajstić information content (AvgIpc) is 3.08. The molecule has 2 nitrogen and oxygen atoms in total. The fourth-order valence-corrected chi connectivity index (χ4v) is 3.04. The van der Waals surface area contributed by atoms with Gasteiger partial charge in [0.05, 0.1) is 0 Å². The molecular weight excluding hydrogens is 220 g/mol. The summed E-state index contributed by atoms with van der Waals surface area (Å²) < 4.78 is 0. The quantitative estimate of drug-likeness (QED) is 0.885. The van der Waals surface area contributed by atoms with Crippen LogP contribution < -0.4 is 5.73 Å². The van der Waals surface area contributed by atoms with Crippen LogP contribution in [-0.2, 0) is 6.42 Å². The molecule has 2 N–H and O–H groups in total. The smallest absolute Gasteiger partial charge is 0.0196 e. The van der Waals surface area contributed by atoms with Crippen LogP contribution in [0.5, 0.6) is 0 Å². The van der Waals surface area contributed by atoms with E-state index in [0.29, 0.717) is 0 Å². The van der Waals surface area contributed by atoms with Gasteiger partial charge in [-0.2, -0.15) is 0 Å². The average molecular weight is 244 g/mol. The molecule has 0 amide bonds. The first-order chi connectivity index (χ1) is 8.65. The van der Waals surface area contributed by atoms with Gasteiger partial charge in [-0.3, -0.25) is 0 Å². The summed E-state index contributed by atoms with van der Waals surface area (Å²) in [5.74, 6) is 0.758. The second-order valence-electron chi connectivity index (χ2n) is 6.36. The Morgan fingerprint density at radius 1 is 1.28 bits per heavy atom. The Morgan fingerprint density at radius 3 is 2.67 bits per heavy atom. The summed E-state index contributed by atoms with van der Waals surface area (Å²) in [5.41, 5.74) is 9.32. The fourth-order valence-electron chi connectivity index (χ4n) is 3.04. The molecule has 18 heavy (non-hydrogen) atoms. The van der Waals surface area contributed by atoms with Gasteiger partial charge in [-0.15, -0.1) is 0 Å². The zero-order valence-corrected chi connectivity index (χ0v) is 11.4. The molecule has 98 valence electrons. The number of hydrogen-bond donors (Lipinski definition) is 1. The lowest BCUT2D eigenvalue weighted by atomic mass is 9.88. The molecule has 0 bridgehead atoms. The van der Waals surface area contributed by atoms with Gasteiger partial charge in [0.15, 0.2) is 0 Å². The van der Waals surface area contributed by atoms with Crippen LogP contribution in [0, 0.1) is 0 Å². The van der Waals surface area contributed by atoms with Crippen LogP contribution in [0.2, 0.25) is 0 Å². The van der Waals surface area contributed by atoms with Gasteiger partial charge in [-0.25, -0.2) is 0 Å². The highest BCUT2D eigenvalue weighted by Gasteiger charge is 2.37. The highest BCUT2D eigenvalue weighted by molar-refractivity contribution is 5.29. The van der Waals surface area contributed by atoms with Crippen molar-refractivity contribution in [1.29, 1.82) is 0 Å². The Morgan fingerprint density at radius 2 is 2.00 bits per heavy atom. The molecule has 0 radical (unpaired) electrons. The Balaban J connectivity index is 1.70. The third-order valence-corrected chi connectivity index (χ3v) is 4.59. The summed E-state index contributed by atoms with van der Waals surface area (Å²) in [6, 6.07) is 9.17. The maximum absolute atomic E-state index is 6.22. The van der Waals surface area contributed by atoms with Crippen LogP contribution >= 0.6 is 0 Å². The van der Waals surface area contributed by atoms with E-state index in [1.165, 1.54) is 49.9 Å². The molecule has 1 aliphatic carbocycles. The van der Waals surface area contributed by atoms with E-state index in [-0.39, 0.29) is 5.54 Å². The number of rotatable bonds is 3. The zero-order valence-electron chi connectivity index (χ0n) is 11.4. The second kappa shape index (κ2) is 4.67. The van der Waals surface area contributed by atoms with Gasteiger partial charge in [0, 0.05) is 5.54 Å². The van der Waals surface area contributed by atoms with Gasteiger partial charge in [0.25, 0.3) is 0 Å². The first-order valence-corrected chi connectivity index (χ1v) is 7.21. The van der Waals surface area contributed by atoms with Gasteiger partial charge in [-0.1, -0.05) is 24.3 Å². The lowest BCUT2D eigenvalue weighted by Gasteiger charge is -2.29. The summed E-state index contributed by atoms with van der Waals surface area (Å²) in [6.45, 7) is 2.46. The third-order valence-electron chi connectivity index (χ3n) is 4.59. The predicted molar refractivity (Wildman–Crippen MR) is 75.8 cm³/mol. The van der Waals surface area contributed by atoms with Crippen molar-refractivity contribution in [2.75, 3.05) is 20.1 Å². The lowest BCUT2D eigenvalue weighted by Crippen LogP contribution is -2.29. The lowest BCUT2D eigenvalue weighted by molar-refractivity contribution is 0.255. The number of nitrogens with zero attached hydrogens (tertiary/aromatic N) is 1. The molecule has 1 saturated heterocycles. The number of hydrogen-bond acceptors (Lipinski definition) is 2. The van der Waals surface area contributed by atoms with Crippen molar-refractivity contribution in [2.24, 2.45) is 5.73 Å². The molecule has 0 atom stereocenters. The predicted octanol–water partition coefficient (Wildman–Crippen LogP) is 2.53. The van der Waals surface area contributed by atoms with E-state index >= 15 is 0 Å². The van der Waals surface area contributed by atoms with E-state index in [1.54, 1.807) is 0 Å². The summed E-state index contributed by atoms with van der Waals surface area (Å²) in [7, 11) is 2.22. The summed E-state index contributed by atoms with van der Waals surface area (Å²) in [5, 5.41) is 0. The van der Waals surface area contributed by atoms with Gasteiger partial charge < -0.3 is 10.6 Å². The van der Waals surface area contributed by atoms with Crippen LogP contribution in [0.25, 0.3) is 0 Å². The molecule has 2 aliphatic rings. The summed E-state index contributed by atoms with van der Waals surface area (Å²) >= 11 is 0. The van der Waals surface area contributed by atoms with Gasteiger partial charge in [0.2, 0.25) is 0 Å². The third kappa shape index (κ3) is 2.76. The van der Waals surface area contributed by atoms with E-state index in [0.717, 1.165) is 12.3 Å². The maximum atomic E-state index is 6.22. The molecule has 3 rings (SSSR count). The normalized spacial score (nSPS) is 24.1. The van der Waals surface area contributed by atoms with Crippen molar-refractivity contribution in [3.63, 3.8) is 0 Å².